The number of sulfonamides is 1. The molecule has 0 radical (unpaired) electrons. The standard InChI is InChI=1S/C19H30N2O6S2/c1-5-7-11-20(6-2)15-12-18(19(22)27-3)21(14-15)29(25,26)17-10-8-9-16(13-17)28(4,23)24/h8-10,13,15,18H,5-7,11-12,14H2,1-4H3/t15-,18+/m1/s1. The second-order valence-corrected chi connectivity index (χ2v) is 11.1. The second kappa shape index (κ2) is 9.55. The molecule has 8 nitrogen and oxygen atoms in total. The highest BCUT2D eigenvalue weighted by molar-refractivity contribution is 7.91. The molecule has 2 atom stereocenters. The minimum Gasteiger partial charge on any atom is -0.468 e. The zero-order chi connectivity index (χ0) is 21.8. The molecule has 0 N–H and O–H groups in total. The van der Waals surface area contributed by atoms with Gasteiger partial charge in [0.25, 0.3) is 0 Å². The summed E-state index contributed by atoms with van der Waals surface area (Å²) in [5.41, 5.74) is 0. The maximum atomic E-state index is 13.3. The van der Waals surface area contributed by atoms with Crippen LogP contribution in [0.4, 0.5) is 0 Å². The van der Waals surface area contributed by atoms with E-state index < -0.39 is 31.9 Å². The number of nitrogens with zero attached hydrogens (tertiary/aromatic N) is 2. The smallest absolute Gasteiger partial charge is 0.324 e. The van der Waals surface area contributed by atoms with Gasteiger partial charge < -0.3 is 4.74 Å². The Morgan fingerprint density at radius 1 is 1.21 bits per heavy atom. The lowest BCUT2D eigenvalue weighted by Crippen LogP contribution is -2.42. The maximum absolute atomic E-state index is 13.3. The van der Waals surface area contributed by atoms with Crippen molar-refractivity contribution in [2.45, 2.75) is 55.0 Å². The summed E-state index contributed by atoms with van der Waals surface area (Å²) >= 11 is 0. The Hall–Kier alpha value is -1.49. The minimum atomic E-state index is -4.08. The van der Waals surface area contributed by atoms with E-state index in [0.717, 1.165) is 42.6 Å². The topological polar surface area (TPSA) is 101 Å². The van der Waals surface area contributed by atoms with E-state index in [-0.39, 0.29) is 22.4 Å². The van der Waals surface area contributed by atoms with Gasteiger partial charge in [0.1, 0.15) is 6.04 Å². The van der Waals surface area contributed by atoms with Crippen LogP contribution >= 0.6 is 0 Å². The molecule has 0 bridgehead atoms. The van der Waals surface area contributed by atoms with Crippen molar-refractivity contribution in [3.05, 3.63) is 24.3 Å². The fourth-order valence-corrected chi connectivity index (χ4v) is 6.04. The molecule has 10 heteroatoms. The van der Waals surface area contributed by atoms with Crippen molar-refractivity contribution in [1.82, 2.24) is 9.21 Å². The van der Waals surface area contributed by atoms with Crippen LogP contribution in [0.15, 0.2) is 34.1 Å². The van der Waals surface area contributed by atoms with Gasteiger partial charge >= 0.3 is 5.97 Å². The van der Waals surface area contributed by atoms with Crippen LogP contribution in [0.5, 0.6) is 0 Å². The van der Waals surface area contributed by atoms with E-state index in [1.165, 1.54) is 25.3 Å². The first kappa shape index (κ1) is 23.8. The largest absolute Gasteiger partial charge is 0.468 e. The van der Waals surface area contributed by atoms with Crippen LogP contribution in [-0.2, 0) is 29.4 Å². The van der Waals surface area contributed by atoms with E-state index in [9.17, 15) is 21.6 Å². The Balaban J connectivity index is 2.41. The average molecular weight is 447 g/mol. The molecular formula is C19H30N2O6S2. The number of likely N-dealkylation sites (N-methyl/N-ethyl adjacent to an activating group) is 1. The number of unbranched alkanes of at least 4 members (excludes halogenated alkanes) is 1. The number of carbonyl (C=O) groups is 1. The van der Waals surface area contributed by atoms with Gasteiger partial charge in [-0.1, -0.05) is 26.3 Å². The molecule has 164 valence electrons. The Morgan fingerprint density at radius 2 is 1.86 bits per heavy atom. The molecule has 1 heterocycles. The molecule has 1 aromatic rings. The number of sulfone groups is 1. The third-order valence-corrected chi connectivity index (χ3v) is 8.25. The van der Waals surface area contributed by atoms with E-state index in [4.69, 9.17) is 4.74 Å². The lowest BCUT2D eigenvalue weighted by Gasteiger charge is -2.27. The molecule has 1 aromatic carbocycles. The molecule has 0 spiro atoms. The quantitative estimate of drug-likeness (QED) is 0.530. The predicted molar refractivity (Wildman–Crippen MR) is 110 cm³/mol. The Kier molecular flexibility index (Phi) is 7.83. The van der Waals surface area contributed by atoms with Gasteiger partial charge in [-0.25, -0.2) is 16.8 Å². The van der Waals surface area contributed by atoms with Crippen LogP contribution < -0.4 is 0 Å². The van der Waals surface area contributed by atoms with Gasteiger partial charge in [0, 0.05) is 18.8 Å². The molecule has 0 aliphatic carbocycles. The number of hydrogen-bond donors (Lipinski definition) is 0. The van der Waals surface area contributed by atoms with Crippen LogP contribution in [0.1, 0.15) is 33.1 Å². The third-order valence-electron chi connectivity index (χ3n) is 5.27. The monoisotopic (exact) mass is 446 g/mol. The van der Waals surface area contributed by atoms with Crippen molar-refractivity contribution in [2.24, 2.45) is 0 Å². The van der Waals surface area contributed by atoms with Crippen LogP contribution in [0.2, 0.25) is 0 Å². The van der Waals surface area contributed by atoms with Crippen LogP contribution in [0.3, 0.4) is 0 Å². The number of ether oxygens (including phenoxy) is 1. The van der Waals surface area contributed by atoms with Gasteiger partial charge in [0.05, 0.1) is 16.9 Å². The van der Waals surface area contributed by atoms with Gasteiger partial charge in [-0.15, -0.1) is 0 Å². The SMILES string of the molecule is CCCCN(CC)[C@@H]1C[C@@H](C(=O)OC)N(S(=O)(=O)c2cccc(S(C)(=O)=O)c2)C1. The molecule has 1 aliphatic rings. The van der Waals surface area contributed by atoms with Crippen LogP contribution in [-0.4, -0.2) is 77.1 Å². The first-order valence-corrected chi connectivity index (χ1v) is 13.0. The number of rotatable bonds is 9. The number of esters is 1. The predicted octanol–water partition coefficient (Wildman–Crippen LogP) is 1.52. The number of hydrogen-bond acceptors (Lipinski definition) is 7. The minimum absolute atomic E-state index is 0.0814. The van der Waals surface area contributed by atoms with Crippen molar-refractivity contribution < 1.29 is 26.4 Å². The van der Waals surface area contributed by atoms with Crippen molar-refractivity contribution in [3.8, 4) is 0 Å². The van der Waals surface area contributed by atoms with E-state index in [1.54, 1.807) is 0 Å². The molecule has 29 heavy (non-hydrogen) atoms. The summed E-state index contributed by atoms with van der Waals surface area (Å²) in [6.07, 6.45) is 3.37. The summed E-state index contributed by atoms with van der Waals surface area (Å²) in [7, 11) is -6.41. The van der Waals surface area contributed by atoms with Crippen molar-refractivity contribution >= 4 is 25.8 Å². The van der Waals surface area contributed by atoms with Crippen molar-refractivity contribution in [2.75, 3.05) is 33.0 Å². The highest BCUT2D eigenvalue weighted by Crippen LogP contribution is 2.30. The van der Waals surface area contributed by atoms with E-state index in [0.29, 0.717) is 6.42 Å². The molecule has 0 amide bonds. The fraction of sp³-hybridized carbons (Fsp3) is 0.632. The van der Waals surface area contributed by atoms with Gasteiger partial charge in [0.2, 0.25) is 10.0 Å². The van der Waals surface area contributed by atoms with Gasteiger partial charge in [0.15, 0.2) is 9.84 Å². The Labute approximate surface area is 173 Å². The van der Waals surface area contributed by atoms with Crippen molar-refractivity contribution in [3.63, 3.8) is 0 Å². The molecule has 2 rings (SSSR count). The van der Waals surface area contributed by atoms with E-state index in [1.807, 2.05) is 6.92 Å². The number of methoxy groups -OCH3 is 1. The van der Waals surface area contributed by atoms with Crippen molar-refractivity contribution in [1.29, 1.82) is 0 Å². The first-order chi connectivity index (χ1) is 13.6. The molecule has 1 fully saturated rings. The van der Waals surface area contributed by atoms with E-state index >= 15 is 0 Å². The summed E-state index contributed by atoms with van der Waals surface area (Å²) in [4.78, 5) is 14.3. The van der Waals surface area contributed by atoms with Crippen LogP contribution in [0, 0.1) is 0 Å². The lowest BCUT2D eigenvalue weighted by molar-refractivity contribution is -0.144. The zero-order valence-corrected chi connectivity index (χ0v) is 19.0. The van der Waals surface area contributed by atoms with Crippen LogP contribution in [0.25, 0.3) is 0 Å². The molecule has 0 aromatic heterocycles. The molecular weight excluding hydrogens is 416 g/mol. The highest BCUT2D eigenvalue weighted by Gasteiger charge is 2.46. The Bertz CT molecular complexity index is 930. The fourth-order valence-electron chi connectivity index (χ4n) is 3.63. The van der Waals surface area contributed by atoms with Gasteiger partial charge in [-0.3, -0.25) is 9.69 Å². The summed E-state index contributed by atoms with van der Waals surface area (Å²) in [6.45, 7) is 5.82. The maximum Gasteiger partial charge on any atom is 0.324 e. The summed E-state index contributed by atoms with van der Waals surface area (Å²) < 4.78 is 56.3. The highest BCUT2D eigenvalue weighted by atomic mass is 32.2. The molecule has 1 saturated heterocycles. The normalized spacial score (nSPS) is 20.9. The average Bonchev–Trinajstić information content (AvgIpc) is 3.13. The lowest BCUT2D eigenvalue weighted by atomic mass is 10.1. The second-order valence-electron chi connectivity index (χ2n) is 7.23. The van der Waals surface area contributed by atoms with Gasteiger partial charge in [-0.2, -0.15) is 4.31 Å². The van der Waals surface area contributed by atoms with Gasteiger partial charge in [-0.05, 0) is 44.1 Å². The zero-order valence-electron chi connectivity index (χ0n) is 17.4. The third kappa shape index (κ3) is 5.36. The molecule has 0 unspecified atom stereocenters. The van der Waals surface area contributed by atoms with E-state index in [2.05, 4.69) is 11.8 Å². The molecule has 0 saturated carbocycles. The summed E-state index contributed by atoms with van der Waals surface area (Å²) in [5.74, 6) is -0.609. The first-order valence-electron chi connectivity index (χ1n) is 9.70. The number of carbonyl (C=O) groups excluding carboxylic acids is 1. The summed E-state index contributed by atoms with van der Waals surface area (Å²) in [5, 5.41) is 0. The number of benzene rings is 1. The Morgan fingerprint density at radius 3 is 2.41 bits per heavy atom. The summed E-state index contributed by atoms with van der Waals surface area (Å²) in [6, 6.07) is 4.18. The molecule has 1 aliphatic heterocycles.